The molecule has 0 aliphatic carbocycles. The number of alkyl carbamates (subject to hydrolysis) is 1. The van der Waals surface area contributed by atoms with E-state index < -0.39 is 0 Å². The molecule has 0 saturated heterocycles. The molecule has 2 rings (SSSR count). The molecule has 2 heterocycles. The maximum atomic E-state index is 11.2. The fraction of sp³-hybridized carbons (Fsp3) is 0.417. The number of carbonyl (C=O) groups is 1. The van der Waals surface area contributed by atoms with Gasteiger partial charge in [-0.25, -0.2) is 4.79 Å². The molecule has 1 N–H and O–H groups in total. The van der Waals surface area contributed by atoms with Crippen LogP contribution in [0, 0.1) is 0 Å². The van der Waals surface area contributed by atoms with Crippen LogP contribution in [-0.2, 0) is 17.8 Å². The molecule has 0 unspecified atom stereocenters. The zero-order chi connectivity index (χ0) is 11.5. The summed E-state index contributed by atoms with van der Waals surface area (Å²) in [7, 11) is 0. The number of allylic oxidation sites excluding steroid dienone is 1. The van der Waals surface area contributed by atoms with Gasteiger partial charge in [-0.05, 0) is 19.9 Å². The van der Waals surface area contributed by atoms with Gasteiger partial charge < -0.3 is 14.6 Å². The number of nitrogens with zero attached hydrogens (tertiary/aromatic N) is 1. The third kappa shape index (κ3) is 2.45. The Kier molecular flexibility index (Phi) is 2.99. The van der Waals surface area contributed by atoms with Crippen molar-refractivity contribution in [2.45, 2.75) is 32.9 Å². The van der Waals surface area contributed by atoms with Crippen molar-refractivity contribution >= 4 is 12.3 Å². The summed E-state index contributed by atoms with van der Waals surface area (Å²) in [6, 6.07) is 2.16. The summed E-state index contributed by atoms with van der Waals surface area (Å²) in [5.74, 6) is 0. The van der Waals surface area contributed by atoms with Gasteiger partial charge in [-0.15, -0.1) is 0 Å². The standard InChI is InChI=1S/C12H16N2O2/c1-9(2)13-12(15)16-8-10-6-11-4-3-5-14(11)7-10/h3,5-7,9H,4,8H2,1-2H3,(H,13,15). The molecule has 0 atom stereocenters. The number of ether oxygens (including phenoxy) is 1. The van der Waals surface area contributed by atoms with Crippen molar-refractivity contribution in [2.24, 2.45) is 0 Å². The summed E-state index contributed by atoms with van der Waals surface area (Å²) < 4.78 is 7.14. The van der Waals surface area contributed by atoms with Crippen LogP contribution >= 0.6 is 0 Å². The highest BCUT2D eigenvalue weighted by Crippen LogP contribution is 2.16. The summed E-state index contributed by atoms with van der Waals surface area (Å²) in [5.41, 5.74) is 2.26. The number of aromatic nitrogens is 1. The molecule has 1 amide bonds. The van der Waals surface area contributed by atoms with Gasteiger partial charge in [0.2, 0.25) is 0 Å². The van der Waals surface area contributed by atoms with E-state index in [4.69, 9.17) is 4.74 Å². The van der Waals surface area contributed by atoms with E-state index in [1.54, 1.807) is 0 Å². The van der Waals surface area contributed by atoms with Gasteiger partial charge in [0.1, 0.15) is 6.61 Å². The van der Waals surface area contributed by atoms with Crippen LogP contribution in [0.5, 0.6) is 0 Å². The Morgan fingerprint density at radius 3 is 3.12 bits per heavy atom. The monoisotopic (exact) mass is 220 g/mol. The largest absolute Gasteiger partial charge is 0.445 e. The highest BCUT2D eigenvalue weighted by Gasteiger charge is 2.09. The highest BCUT2D eigenvalue weighted by atomic mass is 16.5. The first-order valence-corrected chi connectivity index (χ1v) is 5.45. The zero-order valence-corrected chi connectivity index (χ0v) is 9.56. The van der Waals surface area contributed by atoms with Crippen molar-refractivity contribution in [1.29, 1.82) is 0 Å². The summed E-state index contributed by atoms with van der Waals surface area (Å²) in [4.78, 5) is 11.2. The van der Waals surface area contributed by atoms with Gasteiger partial charge in [-0.1, -0.05) is 6.08 Å². The van der Waals surface area contributed by atoms with Crippen molar-refractivity contribution in [3.05, 3.63) is 29.6 Å². The average molecular weight is 220 g/mol. The fourth-order valence-corrected chi connectivity index (χ4v) is 1.68. The fourth-order valence-electron chi connectivity index (χ4n) is 1.68. The Morgan fingerprint density at radius 1 is 1.62 bits per heavy atom. The lowest BCUT2D eigenvalue weighted by molar-refractivity contribution is 0.137. The summed E-state index contributed by atoms with van der Waals surface area (Å²) >= 11 is 0. The van der Waals surface area contributed by atoms with Crippen molar-refractivity contribution in [1.82, 2.24) is 9.88 Å². The number of amides is 1. The lowest BCUT2D eigenvalue weighted by Crippen LogP contribution is -2.30. The van der Waals surface area contributed by atoms with Crippen LogP contribution < -0.4 is 5.32 Å². The second-order valence-corrected chi connectivity index (χ2v) is 4.21. The molecule has 0 bridgehead atoms. The van der Waals surface area contributed by atoms with Crippen molar-refractivity contribution in [3.63, 3.8) is 0 Å². The van der Waals surface area contributed by atoms with Gasteiger partial charge in [0, 0.05) is 36.1 Å². The van der Waals surface area contributed by atoms with Crippen molar-refractivity contribution in [3.8, 4) is 0 Å². The van der Waals surface area contributed by atoms with Gasteiger partial charge in [-0.3, -0.25) is 0 Å². The molecule has 4 heteroatoms. The number of rotatable bonds is 3. The van der Waals surface area contributed by atoms with E-state index in [1.165, 1.54) is 5.69 Å². The molecule has 16 heavy (non-hydrogen) atoms. The molecule has 1 aliphatic heterocycles. The molecule has 86 valence electrons. The van der Waals surface area contributed by atoms with Gasteiger partial charge >= 0.3 is 6.09 Å². The van der Waals surface area contributed by atoms with Crippen molar-refractivity contribution in [2.75, 3.05) is 0 Å². The Morgan fingerprint density at radius 2 is 2.44 bits per heavy atom. The zero-order valence-electron chi connectivity index (χ0n) is 9.56. The molecule has 0 fully saturated rings. The number of nitrogens with one attached hydrogen (secondary N) is 1. The lowest BCUT2D eigenvalue weighted by atomic mass is 10.3. The summed E-state index contributed by atoms with van der Waals surface area (Å²) in [6.07, 6.45) is 6.70. The summed E-state index contributed by atoms with van der Waals surface area (Å²) in [6.45, 7) is 4.13. The Labute approximate surface area is 94.9 Å². The second-order valence-electron chi connectivity index (χ2n) is 4.21. The maximum absolute atomic E-state index is 11.2. The van der Waals surface area contributed by atoms with Gasteiger partial charge in [0.25, 0.3) is 0 Å². The summed E-state index contributed by atoms with van der Waals surface area (Å²) in [5, 5.41) is 2.68. The third-order valence-electron chi connectivity index (χ3n) is 2.36. The molecule has 0 saturated carbocycles. The van der Waals surface area contributed by atoms with E-state index in [1.807, 2.05) is 26.2 Å². The minimum atomic E-state index is -0.364. The van der Waals surface area contributed by atoms with Crippen LogP contribution in [0.4, 0.5) is 4.79 Å². The maximum Gasteiger partial charge on any atom is 0.407 e. The first kappa shape index (κ1) is 10.8. The first-order chi connectivity index (χ1) is 7.65. The van der Waals surface area contributed by atoms with E-state index in [0.717, 1.165) is 12.0 Å². The van der Waals surface area contributed by atoms with Crippen LogP contribution in [-0.4, -0.2) is 16.7 Å². The predicted molar refractivity (Wildman–Crippen MR) is 61.9 cm³/mol. The number of carbonyl (C=O) groups excluding carboxylic acids is 1. The molecule has 1 aromatic rings. The topological polar surface area (TPSA) is 43.3 Å². The van der Waals surface area contributed by atoms with Crippen LogP contribution in [0.15, 0.2) is 18.3 Å². The van der Waals surface area contributed by atoms with Gasteiger partial charge in [-0.2, -0.15) is 0 Å². The van der Waals surface area contributed by atoms with Crippen LogP contribution in [0.3, 0.4) is 0 Å². The van der Waals surface area contributed by atoms with E-state index in [2.05, 4.69) is 22.0 Å². The minimum absolute atomic E-state index is 0.106. The Hall–Kier alpha value is -1.71. The average Bonchev–Trinajstić information content (AvgIpc) is 2.72. The molecule has 0 spiro atoms. The van der Waals surface area contributed by atoms with Gasteiger partial charge in [0.15, 0.2) is 0 Å². The Balaban J connectivity index is 1.85. The smallest absolute Gasteiger partial charge is 0.407 e. The van der Waals surface area contributed by atoms with Crippen LogP contribution in [0.2, 0.25) is 0 Å². The molecule has 4 nitrogen and oxygen atoms in total. The van der Waals surface area contributed by atoms with E-state index in [0.29, 0.717) is 6.61 Å². The first-order valence-electron chi connectivity index (χ1n) is 5.45. The molecule has 0 aromatic carbocycles. The highest BCUT2D eigenvalue weighted by molar-refractivity contribution is 5.67. The SMILES string of the molecule is CC(C)NC(=O)OCc1cc2n(c1)C=CC2. The van der Waals surface area contributed by atoms with E-state index >= 15 is 0 Å². The molecular weight excluding hydrogens is 204 g/mol. The molecular formula is C12H16N2O2. The third-order valence-corrected chi connectivity index (χ3v) is 2.36. The molecule has 0 radical (unpaired) electrons. The second kappa shape index (κ2) is 4.43. The minimum Gasteiger partial charge on any atom is -0.445 e. The number of hydrogen-bond donors (Lipinski definition) is 1. The van der Waals surface area contributed by atoms with Gasteiger partial charge in [0.05, 0.1) is 0 Å². The van der Waals surface area contributed by atoms with Crippen LogP contribution in [0.1, 0.15) is 25.1 Å². The predicted octanol–water partition coefficient (Wildman–Crippen LogP) is 2.15. The molecule has 1 aliphatic rings. The van der Waals surface area contributed by atoms with E-state index in [-0.39, 0.29) is 12.1 Å². The number of fused-ring (bicyclic) bond motifs is 1. The van der Waals surface area contributed by atoms with Crippen LogP contribution in [0.25, 0.3) is 6.20 Å². The normalized spacial score (nSPS) is 12.9. The number of hydrogen-bond acceptors (Lipinski definition) is 2. The Bertz CT molecular complexity index is 419. The van der Waals surface area contributed by atoms with E-state index in [9.17, 15) is 4.79 Å². The quantitative estimate of drug-likeness (QED) is 0.848. The van der Waals surface area contributed by atoms with Crippen molar-refractivity contribution < 1.29 is 9.53 Å². The molecule has 1 aromatic heterocycles. The lowest BCUT2D eigenvalue weighted by Gasteiger charge is -2.08.